The van der Waals surface area contributed by atoms with Crippen LogP contribution < -0.4 is 5.32 Å². The van der Waals surface area contributed by atoms with Crippen LogP contribution >= 0.6 is 0 Å². The largest absolute Gasteiger partial charge is 0.390 e. The summed E-state index contributed by atoms with van der Waals surface area (Å²) in [5, 5.41) is 15.5. The zero-order valence-electron chi connectivity index (χ0n) is 11.3. The van der Waals surface area contributed by atoms with Gasteiger partial charge in [0, 0.05) is 30.8 Å². The van der Waals surface area contributed by atoms with E-state index < -0.39 is 19.1 Å². The summed E-state index contributed by atoms with van der Waals surface area (Å²) < 4.78 is 27.4. The van der Waals surface area contributed by atoms with Crippen LogP contribution in [0.1, 0.15) is 32.0 Å². The number of nitrogens with one attached hydrogen (secondary N) is 1. The van der Waals surface area contributed by atoms with Crippen molar-refractivity contribution in [3.63, 3.8) is 0 Å². The molecular weight excluding hydrogens is 240 g/mol. The number of rotatable bonds is 5. The molecule has 104 valence electrons. The van der Waals surface area contributed by atoms with E-state index in [0.717, 1.165) is 11.3 Å². The van der Waals surface area contributed by atoms with Crippen molar-refractivity contribution < 1.29 is 13.9 Å². The van der Waals surface area contributed by atoms with Crippen molar-refractivity contribution in [2.24, 2.45) is 7.05 Å². The van der Waals surface area contributed by atoms with Crippen molar-refractivity contribution in [2.45, 2.75) is 38.7 Å². The quantitative estimate of drug-likeness (QED) is 0.843. The van der Waals surface area contributed by atoms with Gasteiger partial charge in [0.1, 0.15) is 6.61 Å². The Morgan fingerprint density at radius 2 is 2.00 bits per heavy atom. The third kappa shape index (κ3) is 4.03. The SMILES string of the molecule is Cn1cc(CNCC(F)(F)CO)c(C(C)(C)C)n1. The van der Waals surface area contributed by atoms with Crippen molar-refractivity contribution in [3.05, 3.63) is 17.5 Å². The Morgan fingerprint density at radius 3 is 2.50 bits per heavy atom. The van der Waals surface area contributed by atoms with Crippen LogP contribution in [0.25, 0.3) is 0 Å². The second kappa shape index (κ2) is 5.32. The van der Waals surface area contributed by atoms with Crippen LogP contribution in [0.3, 0.4) is 0 Å². The fraction of sp³-hybridized carbons (Fsp3) is 0.750. The van der Waals surface area contributed by atoms with E-state index in [1.54, 1.807) is 11.7 Å². The third-order valence-electron chi connectivity index (χ3n) is 2.55. The Labute approximate surface area is 106 Å². The van der Waals surface area contributed by atoms with Crippen LogP contribution in [0, 0.1) is 0 Å². The summed E-state index contributed by atoms with van der Waals surface area (Å²) in [7, 11) is 1.81. The maximum Gasteiger partial charge on any atom is 0.282 e. The molecule has 1 rings (SSSR count). The molecule has 0 saturated heterocycles. The van der Waals surface area contributed by atoms with Gasteiger partial charge in [0.15, 0.2) is 0 Å². The van der Waals surface area contributed by atoms with E-state index in [0.29, 0.717) is 6.54 Å². The standard InChI is InChI=1S/C12H21F2N3O/c1-11(2,3)10-9(6-17(4)16-10)5-15-7-12(13,14)8-18/h6,15,18H,5,7-8H2,1-4H3. The molecule has 1 heterocycles. The number of aryl methyl sites for hydroxylation is 1. The van der Waals surface area contributed by atoms with Crippen molar-refractivity contribution >= 4 is 0 Å². The fourth-order valence-electron chi connectivity index (χ4n) is 1.73. The first-order chi connectivity index (χ1) is 8.15. The van der Waals surface area contributed by atoms with E-state index in [9.17, 15) is 8.78 Å². The number of hydrogen-bond acceptors (Lipinski definition) is 3. The number of aromatic nitrogens is 2. The van der Waals surface area contributed by atoms with E-state index in [-0.39, 0.29) is 5.41 Å². The summed E-state index contributed by atoms with van der Waals surface area (Å²) in [5.41, 5.74) is 1.67. The molecule has 0 aliphatic carbocycles. The van der Waals surface area contributed by atoms with Gasteiger partial charge in [-0.25, -0.2) is 8.78 Å². The van der Waals surface area contributed by atoms with Crippen LogP contribution in [-0.4, -0.2) is 34.0 Å². The van der Waals surface area contributed by atoms with Gasteiger partial charge in [0.2, 0.25) is 0 Å². The predicted molar refractivity (Wildman–Crippen MR) is 65.6 cm³/mol. The van der Waals surface area contributed by atoms with E-state index in [1.807, 2.05) is 27.0 Å². The zero-order valence-corrected chi connectivity index (χ0v) is 11.3. The third-order valence-corrected chi connectivity index (χ3v) is 2.55. The van der Waals surface area contributed by atoms with Gasteiger partial charge in [-0.3, -0.25) is 4.68 Å². The first-order valence-corrected chi connectivity index (χ1v) is 5.88. The van der Waals surface area contributed by atoms with Gasteiger partial charge < -0.3 is 10.4 Å². The normalized spacial score (nSPS) is 13.1. The topological polar surface area (TPSA) is 50.1 Å². The summed E-state index contributed by atoms with van der Waals surface area (Å²) >= 11 is 0. The Bertz CT molecular complexity index is 397. The number of hydrogen-bond donors (Lipinski definition) is 2. The van der Waals surface area contributed by atoms with Crippen LogP contribution in [0.4, 0.5) is 8.78 Å². The lowest BCUT2D eigenvalue weighted by molar-refractivity contribution is -0.0477. The fourth-order valence-corrected chi connectivity index (χ4v) is 1.73. The summed E-state index contributed by atoms with van der Waals surface area (Å²) in [5.74, 6) is -3.08. The number of halogens is 2. The summed E-state index contributed by atoms with van der Waals surface area (Å²) in [4.78, 5) is 0. The summed E-state index contributed by atoms with van der Waals surface area (Å²) in [6, 6.07) is 0. The molecule has 0 atom stereocenters. The Hall–Kier alpha value is -1.01. The van der Waals surface area contributed by atoms with E-state index >= 15 is 0 Å². The highest BCUT2D eigenvalue weighted by molar-refractivity contribution is 5.23. The first kappa shape index (κ1) is 15.0. The van der Waals surface area contributed by atoms with Gasteiger partial charge in [-0.05, 0) is 0 Å². The first-order valence-electron chi connectivity index (χ1n) is 5.88. The van der Waals surface area contributed by atoms with Gasteiger partial charge >= 0.3 is 0 Å². The second-order valence-electron chi connectivity index (χ2n) is 5.54. The maximum absolute atomic E-state index is 12.9. The Balaban J connectivity index is 2.68. The molecule has 1 aromatic rings. The van der Waals surface area contributed by atoms with Crippen molar-refractivity contribution in [1.82, 2.24) is 15.1 Å². The minimum Gasteiger partial charge on any atom is -0.390 e. The highest BCUT2D eigenvalue weighted by atomic mass is 19.3. The van der Waals surface area contributed by atoms with Crippen LogP contribution in [0.2, 0.25) is 0 Å². The molecule has 0 aromatic carbocycles. The smallest absolute Gasteiger partial charge is 0.282 e. The van der Waals surface area contributed by atoms with Gasteiger partial charge in [-0.2, -0.15) is 5.10 Å². The monoisotopic (exact) mass is 261 g/mol. The minimum atomic E-state index is -3.08. The second-order valence-corrected chi connectivity index (χ2v) is 5.54. The van der Waals surface area contributed by atoms with Gasteiger partial charge in [0.05, 0.1) is 12.2 Å². The molecule has 1 aromatic heterocycles. The van der Waals surface area contributed by atoms with Crippen molar-refractivity contribution in [3.8, 4) is 0 Å². The number of alkyl halides is 2. The van der Waals surface area contributed by atoms with E-state index in [1.165, 1.54) is 0 Å². The molecular formula is C12H21F2N3O. The Kier molecular flexibility index (Phi) is 4.45. The molecule has 0 amide bonds. The molecule has 0 unspecified atom stereocenters. The van der Waals surface area contributed by atoms with Gasteiger partial charge in [-0.1, -0.05) is 20.8 Å². The molecule has 2 N–H and O–H groups in total. The van der Waals surface area contributed by atoms with E-state index in [4.69, 9.17) is 5.11 Å². The summed E-state index contributed by atoms with van der Waals surface area (Å²) in [6.07, 6.45) is 1.82. The molecule has 0 radical (unpaired) electrons. The Morgan fingerprint density at radius 1 is 1.39 bits per heavy atom. The molecule has 0 spiro atoms. The minimum absolute atomic E-state index is 0.127. The highest BCUT2D eigenvalue weighted by Crippen LogP contribution is 2.24. The molecule has 0 saturated carbocycles. The lowest BCUT2D eigenvalue weighted by atomic mass is 9.89. The van der Waals surface area contributed by atoms with E-state index in [2.05, 4.69) is 10.4 Å². The highest BCUT2D eigenvalue weighted by Gasteiger charge is 2.27. The van der Waals surface area contributed by atoms with Crippen LogP contribution in [-0.2, 0) is 19.0 Å². The van der Waals surface area contributed by atoms with Crippen LogP contribution in [0.15, 0.2) is 6.20 Å². The molecule has 6 heteroatoms. The lowest BCUT2D eigenvalue weighted by Gasteiger charge is -2.18. The molecule has 18 heavy (non-hydrogen) atoms. The average Bonchev–Trinajstić information content (AvgIpc) is 2.59. The molecule has 4 nitrogen and oxygen atoms in total. The summed E-state index contributed by atoms with van der Waals surface area (Å²) in [6.45, 7) is 4.72. The number of nitrogens with zero attached hydrogens (tertiary/aromatic N) is 2. The van der Waals surface area contributed by atoms with Gasteiger partial charge in [-0.15, -0.1) is 0 Å². The van der Waals surface area contributed by atoms with Gasteiger partial charge in [0.25, 0.3) is 5.92 Å². The lowest BCUT2D eigenvalue weighted by Crippen LogP contribution is -2.35. The average molecular weight is 261 g/mol. The van der Waals surface area contributed by atoms with Crippen molar-refractivity contribution in [2.75, 3.05) is 13.2 Å². The molecule has 0 bridgehead atoms. The predicted octanol–water partition coefficient (Wildman–Crippen LogP) is 1.43. The maximum atomic E-state index is 12.9. The zero-order chi connectivity index (χ0) is 14.0. The molecule has 0 fully saturated rings. The molecule has 0 aliphatic rings. The molecule has 0 aliphatic heterocycles. The number of aliphatic hydroxyl groups is 1. The number of aliphatic hydroxyl groups excluding tert-OH is 1. The van der Waals surface area contributed by atoms with Crippen LogP contribution in [0.5, 0.6) is 0 Å². The van der Waals surface area contributed by atoms with Crippen molar-refractivity contribution in [1.29, 1.82) is 0 Å².